The Morgan fingerprint density at radius 2 is 0.628 bits per heavy atom. The van der Waals surface area contributed by atoms with E-state index in [9.17, 15) is 0 Å². The highest BCUT2D eigenvalue weighted by Crippen LogP contribution is 2.39. The lowest BCUT2D eigenvalue weighted by molar-refractivity contribution is 0.414. The van der Waals surface area contributed by atoms with E-state index in [2.05, 4.69) is 131 Å². The lowest BCUT2D eigenvalue weighted by Gasteiger charge is -2.26. The summed E-state index contributed by atoms with van der Waals surface area (Å²) in [6, 6.07) is 54.6. The third-order valence-corrected chi connectivity index (χ3v) is 8.13. The van der Waals surface area contributed by atoms with E-state index in [1.54, 1.807) is 26.0 Å². The van der Waals surface area contributed by atoms with Gasteiger partial charge in [0.1, 0.15) is 11.5 Å². The maximum atomic E-state index is 5.38. The van der Waals surface area contributed by atoms with E-state index < -0.39 is 0 Å². The van der Waals surface area contributed by atoms with E-state index in [0.717, 1.165) is 45.6 Å². The first-order valence-corrected chi connectivity index (χ1v) is 14.9. The Balaban J connectivity index is 1.23. The van der Waals surface area contributed by atoms with Crippen LogP contribution in [0.4, 0.5) is 34.1 Å². The summed E-state index contributed by atoms with van der Waals surface area (Å²) >= 11 is 1.75. The van der Waals surface area contributed by atoms with Crippen molar-refractivity contribution in [2.75, 3.05) is 24.0 Å². The summed E-state index contributed by atoms with van der Waals surface area (Å²) in [7, 11) is 3.38. The van der Waals surface area contributed by atoms with Crippen molar-refractivity contribution < 1.29 is 9.47 Å². The molecule has 43 heavy (non-hydrogen) atoms. The SMILES string of the molecule is COc1ccc(N(c2ccccc2)c2ccc(Sc3ccc(N(c4ccccc4)c4ccc(OC)cc4)cc3)cc2)cc1. The van der Waals surface area contributed by atoms with Gasteiger partial charge in [0.15, 0.2) is 0 Å². The highest BCUT2D eigenvalue weighted by atomic mass is 32.2. The molecule has 0 heterocycles. The molecule has 212 valence electrons. The summed E-state index contributed by atoms with van der Waals surface area (Å²) in [5, 5.41) is 0. The molecule has 0 bridgehead atoms. The van der Waals surface area contributed by atoms with Crippen LogP contribution in [0.15, 0.2) is 168 Å². The number of para-hydroxylation sites is 2. The van der Waals surface area contributed by atoms with E-state index in [-0.39, 0.29) is 0 Å². The monoisotopic (exact) mass is 580 g/mol. The molecule has 0 aliphatic rings. The van der Waals surface area contributed by atoms with Gasteiger partial charge >= 0.3 is 0 Å². The third kappa shape index (κ3) is 6.53. The highest BCUT2D eigenvalue weighted by Gasteiger charge is 2.14. The van der Waals surface area contributed by atoms with Crippen molar-refractivity contribution in [1.29, 1.82) is 0 Å². The van der Waals surface area contributed by atoms with Crippen molar-refractivity contribution in [2.45, 2.75) is 9.79 Å². The van der Waals surface area contributed by atoms with Crippen LogP contribution >= 0.6 is 11.8 Å². The van der Waals surface area contributed by atoms with Crippen molar-refractivity contribution in [3.8, 4) is 11.5 Å². The summed E-state index contributed by atoms with van der Waals surface area (Å²) in [5.74, 6) is 1.68. The summed E-state index contributed by atoms with van der Waals surface area (Å²) in [6.45, 7) is 0. The Bertz CT molecular complexity index is 1590. The van der Waals surface area contributed by atoms with Gasteiger partial charge in [-0.05, 0) is 121 Å². The molecule has 5 heteroatoms. The number of nitrogens with zero attached hydrogens (tertiary/aromatic N) is 2. The predicted octanol–water partition coefficient (Wildman–Crippen LogP) is 10.8. The number of rotatable bonds is 10. The lowest BCUT2D eigenvalue weighted by atomic mass is 10.2. The van der Waals surface area contributed by atoms with Gasteiger partial charge in [0.2, 0.25) is 0 Å². The molecule has 0 fully saturated rings. The molecule has 0 spiro atoms. The van der Waals surface area contributed by atoms with E-state index in [4.69, 9.17) is 9.47 Å². The van der Waals surface area contributed by atoms with Crippen LogP contribution in [-0.4, -0.2) is 14.2 Å². The van der Waals surface area contributed by atoms with Crippen LogP contribution in [0, 0.1) is 0 Å². The van der Waals surface area contributed by atoms with Crippen LogP contribution in [0.25, 0.3) is 0 Å². The average Bonchev–Trinajstić information content (AvgIpc) is 3.08. The van der Waals surface area contributed by atoms with Crippen LogP contribution in [-0.2, 0) is 0 Å². The average molecular weight is 581 g/mol. The normalized spacial score (nSPS) is 10.7. The first kappa shape index (κ1) is 28.0. The van der Waals surface area contributed by atoms with Crippen molar-refractivity contribution in [3.63, 3.8) is 0 Å². The molecule has 0 aliphatic heterocycles. The first-order valence-electron chi connectivity index (χ1n) is 14.1. The molecule has 0 amide bonds. The molecular formula is C38H32N2O2S. The number of ether oxygens (including phenoxy) is 2. The van der Waals surface area contributed by atoms with E-state index >= 15 is 0 Å². The van der Waals surface area contributed by atoms with Gasteiger partial charge in [0.25, 0.3) is 0 Å². The molecule has 6 rings (SSSR count). The molecular weight excluding hydrogens is 548 g/mol. The van der Waals surface area contributed by atoms with Crippen LogP contribution in [0.5, 0.6) is 11.5 Å². The van der Waals surface area contributed by atoms with Crippen molar-refractivity contribution >= 4 is 45.9 Å². The second kappa shape index (κ2) is 13.2. The number of hydrogen-bond acceptors (Lipinski definition) is 5. The topological polar surface area (TPSA) is 24.9 Å². The zero-order chi connectivity index (χ0) is 29.4. The summed E-state index contributed by atoms with van der Waals surface area (Å²) in [4.78, 5) is 6.85. The second-order valence-electron chi connectivity index (χ2n) is 9.83. The molecule has 6 aromatic rings. The summed E-state index contributed by atoms with van der Waals surface area (Å²) in [6.07, 6.45) is 0. The Hall–Kier alpha value is -5.13. The molecule has 0 radical (unpaired) electrons. The van der Waals surface area contributed by atoms with Crippen LogP contribution in [0.1, 0.15) is 0 Å². The van der Waals surface area contributed by atoms with Gasteiger partial charge in [0.05, 0.1) is 14.2 Å². The standard InChI is InChI=1S/C38H32N2O2S/c1-41-35-21-13-31(14-22-35)39(29-9-5-3-6-10-29)33-17-25-37(26-18-33)43-38-27-19-34(20-28-38)40(30-11-7-4-8-12-30)32-15-23-36(42-2)24-16-32/h3-28H,1-2H3. The minimum atomic E-state index is 0.838. The molecule has 0 aromatic heterocycles. The Morgan fingerprint density at radius 1 is 0.349 bits per heavy atom. The smallest absolute Gasteiger partial charge is 0.119 e. The molecule has 0 unspecified atom stereocenters. The van der Waals surface area contributed by atoms with Gasteiger partial charge in [-0.1, -0.05) is 48.2 Å². The fourth-order valence-electron chi connectivity index (χ4n) is 4.97. The van der Waals surface area contributed by atoms with Gasteiger partial charge in [-0.15, -0.1) is 0 Å². The van der Waals surface area contributed by atoms with E-state index in [1.807, 2.05) is 36.4 Å². The molecule has 6 aromatic carbocycles. The van der Waals surface area contributed by atoms with Gasteiger partial charge < -0.3 is 19.3 Å². The number of methoxy groups -OCH3 is 2. The quantitative estimate of drug-likeness (QED) is 0.160. The molecule has 0 saturated carbocycles. The molecule has 0 atom stereocenters. The maximum absolute atomic E-state index is 5.38. The van der Waals surface area contributed by atoms with Crippen molar-refractivity contribution in [2.24, 2.45) is 0 Å². The number of benzene rings is 6. The molecule has 0 saturated heterocycles. The fraction of sp³-hybridized carbons (Fsp3) is 0.0526. The molecule has 0 N–H and O–H groups in total. The highest BCUT2D eigenvalue weighted by molar-refractivity contribution is 7.99. The van der Waals surface area contributed by atoms with Crippen molar-refractivity contribution in [1.82, 2.24) is 0 Å². The summed E-state index contributed by atoms with van der Waals surface area (Å²) < 4.78 is 10.8. The Labute approximate surface area is 257 Å². The van der Waals surface area contributed by atoms with Crippen LogP contribution in [0.2, 0.25) is 0 Å². The summed E-state index contributed by atoms with van der Waals surface area (Å²) in [5.41, 5.74) is 6.53. The third-order valence-electron chi connectivity index (χ3n) is 7.12. The van der Waals surface area contributed by atoms with E-state index in [0.29, 0.717) is 0 Å². The lowest BCUT2D eigenvalue weighted by Crippen LogP contribution is -2.09. The zero-order valence-electron chi connectivity index (χ0n) is 24.1. The van der Waals surface area contributed by atoms with Crippen LogP contribution < -0.4 is 19.3 Å². The molecule has 4 nitrogen and oxygen atoms in total. The van der Waals surface area contributed by atoms with Gasteiger partial charge in [-0.25, -0.2) is 0 Å². The largest absolute Gasteiger partial charge is 0.497 e. The zero-order valence-corrected chi connectivity index (χ0v) is 24.9. The van der Waals surface area contributed by atoms with Crippen LogP contribution in [0.3, 0.4) is 0 Å². The Kier molecular flexibility index (Phi) is 8.62. The van der Waals surface area contributed by atoms with Gasteiger partial charge in [-0.3, -0.25) is 0 Å². The fourth-order valence-corrected chi connectivity index (χ4v) is 5.79. The second-order valence-corrected chi connectivity index (χ2v) is 11.0. The number of anilines is 6. The minimum absolute atomic E-state index is 0.838. The van der Waals surface area contributed by atoms with Gasteiger partial charge in [-0.2, -0.15) is 0 Å². The maximum Gasteiger partial charge on any atom is 0.119 e. The first-order chi connectivity index (χ1) is 21.2. The number of hydrogen-bond donors (Lipinski definition) is 0. The molecule has 0 aliphatic carbocycles. The van der Waals surface area contributed by atoms with E-state index in [1.165, 1.54) is 9.79 Å². The Morgan fingerprint density at radius 3 is 0.930 bits per heavy atom. The predicted molar refractivity (Wildman–Crippen MR) is 179 cm³/mol. The van der Waals surface area contributed by atoms with Gasteiger partial charge in [0, 0.05) is 43.9 Å². The van der Waals surface area contributed by atoms with Crippen molar-refractivity contribution in [3.05, 3.63) is 158 Å². The minimum Gasteiger partial charge on any atom is -0.497 e.